The number of hydrogen-bond acceptors (Lipinski definition) is 3. The fraction of sp³-hybridized carbons (Fsp3) is 0.450. The normalized spacial score (nSPS) is 13.4. The number of rotatable bonds is 7. The molecule has 1 atom stereocenters. The Morgan fingerprint density at radius 3 is 2.37 bits per heavy atom. The summed E-state index contributed by atoms with van der Waals surface area (Å²) in [7, 11) is 0. The fourth-order valence-corrected chi connectivity index (χ4v) is 3.03. The number of aryl methyl sites for hydroxylation is 1. The van der Waals surface area contributed by atoms with Gasteiger partial charge >= 0.3 is 5.97 Å². The second-order valence-electron chi connectivity index (χ2n) is 7.39. The first kappa shape index (κ1) is 20.6. The highest BCUT2D eigenvalue weighted by Crippen LogP contribution is 2.23. The summed E-state index contributed by atoms with van der Waals surface area (Å²) in [5, 5.41) is 16.7. The lowest BCUT2D eigenvalue weighted by Crippen LogP contribution is -2.50. The van der Waals surface area contributed by atoms with E-state index in [1.807, 2.05) is 18.5 Å². The first-order valence-corrected chi connectivity index (χ1v) is 8.88. The Morgan fingerprint density at radius 2 is 1.85 bits per heavy atom. The van der Waals surface area contributed by atoms with Gasteiger partial charge in [0, 0.05) is 17.8 Å². The van der Waals surface area contributed by atoms with E-state index in [1.54, 1.807) is 0 Å². The van der Waals surface area contributed by atoms with Crippen LogP contribution in [0.15, 0.2) is 24.3 Å². The minimum absolute atomic E-state index is 0.0276. The number of aliphatic carboxylic acids is 1. The van der Waals surface area contributed by atoms with E-state index in [2.05, 4.69) is 24.3 Å². The summed E-state index contributed by atoms with van der Waals surface area (Å²) in [5.41, 5.74) is 1.09. The molecule has 0 bridgehead atoms. The van der Waals surface area contributed by atoms with Crippen LogP contribution in [0.1, 0.15) is 43.3 Å². The molecule has 0 fully saturated rings. The number of halogens is 1. The van der Waals surface area contributed by atoms with Crippen LogP contribution in [0.3, 0.4) is 0 Å². The molecule has 0 saturated carbocycles. The largest absolute Gasteiger partial charge is 0.479 e. The van der Waals surface area contributed by atoms with Crippen molar-refractivity contribution < 1.29 is 19.1 Å². The first-order chi connectivity index (χ1) is 12.5. The summed E-state index contributed by atoms with van der Waals surface area (Å²) >= 11 is 0. The van der Waals surface area contributed by atoms with Gasteiger partial charge in [-0.15, -0.1) is 0 Å². The highest BCUT2D eigenvalue weighted by atomic mass is 19.1. The molecule has 0 aliphatic carbocycles. The predicted molar refractivity (Wildman–Crippen MR) is 99.8 cm³/mol. The van der Waals surface area contributed by atoms with Crippen molar-refractivity contribution in [2.45, 2.75) is 53.1 Å². The number of carbonyl (C=O) groups excluding carboxylic acids is 1. The van der Waals surface area contributed by atoms with Crippen LogP contribution in [-0.2, 0) is 28.1 Å². The topological polar surface area (TPSA) is 84.2 Å². The van der Waals surface area contributed by atoms with Crippen LogP contribution in [0.5, 0.6) is 0 Å². The second-order valence-corrected chi connectivity index (χ2v) is 7.39. The Bertz CT molecular complexity index is 843. The zero-order chi connectivity index (χ0) is 20.4. The van der Waals surface area contributed by atoms with Gasteiger partial charge in [-0.1, -0.05) is 26.0 Å². The molecule has 27 heavy (non-hydrogen) atoms. The van der Waals surface area contributed by atoms with Gasteiger partial charge in [-0.3, -0.25) is 9.48 Å². The smallest absolute Gasteiger partial charge is 0.333 e. The highest BCUT2D eigenvalue weighted by Gasteiger charge is 2.37. The number of carbonyl (C=O) groups is 2. The van der Waals surface area contributed by atoms with Crippen molar-refractivity contribution in [3.63, 3.8) is 0 Å². The van der Waals surface area contributed by atoms with Crippen molar-refractivity contribution in [3.8, 4) is 0 Å². The molecule has 0 saturated heterocycles. The quantitative estimate of drug-likeness (QED) is 0.779. The van der Waals surface area contributed by atoms with Gasteiger partial charge in [0.15, 0.2) is 5.54 Å². The number of carboxylic acids is 1. The number of hydrogen-bond donors (Lipinski definition) is 2. The Labute approximate surface area is 158 Å². The monoisotopic (exact) mass is 375 g/mol. The average Bonchev–Trinajstić information content (AvgIpc) is 2.82. The number of benzene rings is 1. The summed E-state index contributed by atoms with van der Waals surface area (Å²) in [4.78, 5) is 24.5. The molecule has 1 amide bonds. The van der Waals surface area contributed by atoms with E-state index in [0.29, 0.717) is 11.5 Å². The van der Waals surface area contributed by atoms with Crippen molar-refractivity contribution >= 4 is 11.9 Å². The number of amides is 1. The van der Waals surface area contributed by atoms with Crippen molar-refractivity contribution in [1.29, 1.82) is 0 Å². The molecule has 0 aliphatic rings. The molecule has 0 aliphatic heterocycles. The Morgan fingerprint density at radius 1 is 1.26 bits per heavy atom. The minimum Gasteiger partial charge on any atom is -0.479 e. The second kappa shape index (κ2) is 7.90. The van der Waals surface area contributed by atoms with Gasteiger partial charge in [-0.25, -0.2) is 9.18 Å². The lowest BCUT2D eigenvalue weighted by atomic mass is 9.91. The zero-order valence-corrected chi connectivity index (χ0v) is 16.3. The molecule has 1 heterocycles. The van der Waals surface area contributed by atoms with Crippen molar-refractivity contribution in [2.75, 3.05) is 0 Å². The van der Waals surface area contributed by atoms with Crippen molar-refractivity contribution in [1.82, 2.24) is 15.1 Å². The molecular formula is C20H26FN3O3. The van der Waals surface area contributed by atoms with E-state index >= 15 is 0 Å². The summed E-state index contributed by atoms with van der Waals surface area (Å²) in [5.74, 6) is -1.70. The van der Waals surface area contributed by atoms with Crippen molar-refractivity contribution in [2.24, 2.45) is 5.92 Å². The Kier molecular flexibility index (Phi) is 6.03. The summed E-state index contributed by atoms with van der Waals surface area (Å²) in [6.07, 6.45) is 0.0276. The van der Waals surface area contributed by atoms with Crippen LogP contribution < -0.4 is 5.32 Å². The molecule has 2 rings (SSSR count). The number of nitrogens with zero attached hydrogens (tertiary/aromatic N) is 2. The summed E-state index contributed by atoms with van der Waals surface area (Å²) in [6, 6.07) is 5.07. The lowest BCUT2D eigenvalue weighted by Gasteiger charge is -2.27. The first-order valence-electron chi connectivity index (χ1n) is 8.88. The van der Waals surface area contributed by atoms with Gasteiger partial charge in [0.25, 0.3) is 0 Å². The van der Waals surface area contributed by atoms with Crippen LogP contribution in [0.25, 0.3) is 0 Å². The maximum absolute atomic E-state index is 13.2. The van der Waals surface area contributed by atoms with Crippen LogP contribution in [0, 0.1) is 25.6 Å². The van der Waals surface area contributed by atoms with Crippen molar-refractivity contribution in [3.05, 3.63) is 52.6 Å². The van der Waals surface area contributed by atoms with Gasteiger partial charge in [0.1, 0.15) is 5.82 Å². The SMILES string of the molecule is Cc1nn(CC(C)C)c(C)c1CC(=O)NC(C)(C(=O)O)c1ccc(F)cc1. The maximum Gasteiger partial charge on any atom is 0.333 e. The standard InChI is InChI=1S/C20H26FN3O3/c1-12(2)11-24-14(4)17(13(3)23-24)10-18(25)22-20(5,19(26)27)15-6-8-16(21)9-7-15/h6-9,12H,10-11H2,1-5H3,(H,22,25)(H,26,27). The third kappa shape index (κ3) is 4.53. The fourth-order valence-electron chi connectivity index (χ4n) is 3.03. The van der Waals surface area contributed by atoms with Gasteiger partial charge in [0.2, 0.25) is 5.91 Å². The molecule has 0 radical (unpaired) electrons. The van der Waals surface area contributed by atoms with E-state index in [9.17, 15) is 19.1 Å². The van der Waals surface area contributed by atoms with Gasteiger partial charge in [-0.2, -0.15) is 5.10 Å². The number of carboxylic acid groups (broad SMARTS) is 1. The molecule has 146 valence electrons. The highest BCUT2D eigenvalue weighted by molar-refractivity contribution is 5.88. The van der Waals surface area contributed by atoms with Crippen LogP contribution >= 0.6 is 0 Å². The third-order valence-corrected chi connectivity index (χ3v) is 4.65. The number of nitrogens with one attached hydrogen (secondary N) is 1. The lowest BCUT2D eigenvalue weighted by molar-refractivity contribution is -0.147. The summed E-state index contributed by atoms with van der Waals surface area (Å²) < 4.78 is 15.0. The van der Waals surface area contributed by atoms with Crippen LogP contribution in [0.4, 0.5) is 4.39 Å². The molecular weight excluding hydrogens is 349 g/mol. The molecule has 0 spiro atoms. The van der Waals surface area contributed by atoms with Crippen LogP contribution in [0.2, 0.25) is 0 Å². The van der Waals surface area contributed by atoms with E-state index in [4.69, 9.17) is 0 Å². The van der Waals surface area contributed by atoms with E-state index in [0.717, 1.165) is 23.5 Å². The Balaban J connectivity index is 2.24. The van der Waals surface area contributed by atoms with E-state index < -0.39 is 23.2 Å². The molecule has 1 aromatic heterocycles. The van der Waals surface area contributed by atoms with Gasteiger partial charge < -0.3 is 10.4 Å². The van der Waals surface area contributed by atoms with E-state index in [-0.39, 0.29) is 6.42 Å². The zero-order valence-electron chi connectivity index (χ0n) is 16.3. The molecule has 6 nitrogen and oxygen atoms in total. The number of aromatic nitrogens is 2. The van der Waals surface area contributed by atoms with Gasteiger partial charge in [-0.05, 0) is 44.4 Å². The molecule has 2 aromatic rings. The Hall–Kier alpha value is -2.70. The summed E-state index contributed by atoms with van der Waals surface area (Å²) in [6.45, 7) is 10.1. The molecule has 2 N–H and O–H groups in total. The molecule has 1 aromatic carbocycles. The predicted octanol–water partition coefficient (Wildman–Crippen LogP) is 2.95. The third-order valence-electron chi connectivity index (χ3n) is 4.65. The maximum atomic E-state index is 13.2. The molecule has 1 unspecified atom stereocenters. The minimum atomic E-state index is -1.65. The van der Waals surface area contributed by atoms with E-state index in [1.165, 1.54) is 31.2 Å². The van der Waals surface area contributed by atoms with Crippen LogP contribution in [-0.4, -0.2) is 26.8 Å². The average molecular weight is 375 g/mol. The molecule has 7 heteroatoms. The van der Waals surface area contributed by atoms with Gasteiger partial charge in [0.05, 0.1) is 12.1 Å².